The first kappa shape index (κ1) is 14.8. The second kappa shape index (κ2) is 6.31. The fraction of sp³-hybridized carbons (Fsp3) is 0.118. The summed E-state index contributed by atoms with van der Waals surface area (Å²) in [4.78, 5) is 16.3. The molecule has 0 aliphatic carbocycles. The lowest BCUT2D eigenvalue weighted by atomic mass is 10.1. The van der Waals surface area contributed by atoms with E-state index in [0.717, 1.165) is 11.3 Å². The molecule has 6 nitrogen and oxygen atoms in total. The summed E-state index contributed by atoms with van der Waals surface area (Å²) in [6, 6.07) is 14.4. The van der Waals surface area contributed by atoms with E-state index in [-0.39, 0.29) is 5.91 Å². The Morgan fingerprint density at radius 1 is 1.13 bits per heavy atom. The van der Waals surface area contributed by atoms with Crippen LogP contribution in [0, 0.1) is 0 Å². The van der Waals surface area contributed by atoms with Gasteiger partial charge in [0.15, 0.2) is 0 Å². The lowest BCUT2D eigenvalue weighted by Crippen LogP contribution is -2.18. The summed E-state index contributed by atoms with van der Waals surface area (Å²) in [6.45, 7) is 0. The number of benzene rings is 2. The molecule has 0 unspecified atom stereocenters. The number of carbonyl (C=O) groups is 1. The number of amides is 1. The molecule has 1 heterocycles. The summed E-state index contributed by atoms with van der Waals surface area (Å²) >= 11 is 0. The van der Waals surface area contributed by atoms with Crippen LogP contribution in [0.3, 0.4) is 0 Å². The number of aromatic nitrogens is 2. The maximum atomic E-state index is 11.9. The van der Waals surface area contributed by atoms with Crippen molar-refractivity contribution in [1.29, 1.82) is 0 Å². The van der Waals surface area contributed by atoms with Gasteiger partial charge in [-0.1, -0.05) is 17.3 Å². The van der Waals surface area contributed by atoms with Gasteiger partial charge in [-0.3, -0.25) is 4.79 Å². The fourth-order valence-electron chi connectivity index (χ4n) is 2.19. The van der Waals surface area contributed by atoms with Gasteiger partial charge in [0.05, 0.1) is 18.2 Å². The summed E-state index contributed by atoms with van der Waals surface area (Å²) in [6.07, 6.45) is 0. The number of rotatable bonds is 4. The summed E-state index contributed by atoms with van der Waals surface area (Å²) in [5.74, 6) is 1.30. The second-order valence-corrected chi connectivity index (χ2v) is 4.78. The average Bonchev–Trinajstić information content (AvgIpc) is 3.11. The number of ether oxygens (including phenoxy) is 1. The predicted octanol–water partition coefficient (Wildman–Crippen LogP) is 2.77. The van der Waals surface area contributed by atoms with Crippen LogP contribution in [-0.4, -0.2) is 30.2 Å². The monoisotopic (exact) mass is 309 g/mol. The first-order valence-corrected chi connectivity index (χ1v) is 7.02. The van der Waals surface area contributed by atoms with Crippen LogP contribution in [0.1, 0.15) is 10.4 Å². The Morgan fingerprint density at radius 2 is 1.87 bits per heavy atom. The number of nitrogens with one attached hydrogen (secondary N) is 1. The average molecular weight is 309 g/mol. The molecule has 2 aromatic carbocycles. The van der Waals surface area contributed by atoms with Crippen molar-refractivity contribution < 1.29 is 14.1 Å². The Kier molecular flexibility index (Phi) is 4.05. The standard InChI is InChI=1S/C17H15N3O3/c1-18-16(21)13-5-3-4-6-14(13)17-19-15(20-23-17)11-7-9-12(22-2)10-8-11/h3-10H,1-2H3,(H,18,21). The number of methoxy groups -OCH3 is 1. The Hall–Kier alpha value is -3.15. The first-order valence-electron chi connectivity index (χ1n) is 7.02. The number of nitrogens with zero attached hydrogens (tertiary/aromatic N) is 2. The third-order valence-corrected chi connectivity index (χ3v) is 3.40. The van der Waals surface area contributed by atoms with Crippen molar-refractivity contribution in [3.05, 3.63) is 54.1 Å². The molecule has 0 radical (unpaired) electrons. The van der Waals surface area contributed by atoms with Crippen molar-refractivity contribution in [2.45, 2.75) is 0 Å². The Labute approximate surface area is 133 Å². The van der Waals surface area contributed by atoms with Gasteiger partial charge < -0.3 is 14.6 Å². The highest BCUT2D eigenvalue weighted by molar-refractivity contribution is 5.99. The van der Waals surface area contributed by atoms with Crippen molar-refractivity contribution in [2.75, 3.05) is 14.2 Å². The van der Waals surface area contributed by atoms with Crippen molar-refractivity contribution in [3.8, 4) is 28.6 Å². The smallest absolute Gasteiger partial charge is 0.259 e. The zero-order valence-corrected chi connectivity index (χ0v) is 12.7. The van der Waals surface area contributed by atoms with Crippen molar-refractivity contribution in [3.63, 3.8) is 0 Å². The molecule has 0 saturated heterocycles. The van der Waals surface area contributed by atoms with Crippen molar-refractivity contribution in [2.24, 2.45) is 0 Å². The van der Waals surface area contributed by atoms with Crippen LogP contribution >= 0.6 is 0 Å². The van der Waals surface area contributed by atoms with Gasteiger partial charge in [0.25, 0.3) is 11.8 Å². The zero-order valence-electron chi connectivity index (χ0n) is 12.7. The minimum atomic E-state index is -0.204. The summed E-state index contributed by atoms with van der Waals surface area (Å²) in [5, 5.41) is 6.59. The van der Waals surface area contributed by atoms with Gasteiger partial charge >= 0.3 is 0 Å². The van der Waals surface area contributed by atoms with Crippen molar-refractivity contribution >= 4 is 5.91 Å². The lowest BCUT2D eigenvalue weighted by molar-refractivity contribution is 0.0963. The molecule has 0 bridgehead atoms. The van der Waals surface area contributed by atoms with Crippen LogP contribution in [0.5, 0.6) is 5.75 Å². The van der Waals surface area contributed by atoms with Crippen LogP contribution in [0.25, 0.3) is 22.8 Å². The number of hydrogen-bond acceptors (Lipinski definition) is 5. The quantitative estimate of drug-likeness (QED) is 0.802. The molecule has 0 atom stereocenters. The number of carbonyl (C=O) groups excluding carboxylic acids is 1. The van der Waals surface area contributed by atoms with Gasteiger partial charge in [0.1, 0.15) is 5.75 Å². The van der Waals surface area contributed by atoms with Crippen LogP contribution < -0.4 is 10.1 Å². The SMILES string of the molecule is CNC(=O)c1ccccc1-c1nc(-c2ccc(OC)cc2)no1. The maximum absolute atomic E-state index is 11.9. The van der Waals surface area contributed by atoms with Crippen molar-refractivity contribution in [1.82, 2.24) is 15.5 Å². The minimum absolute atomic E-state index is 0.204. The van der Waals surface area contributed by atoms with E-state index < -0.39 is 0 Å². The van der Waals surface area contributed by atoms with E-state index in [0.29, 0.717) is 22.8 Å². The third kappa shape index (κ3) is 2.91. The molecule has 0 spiro atoms. The van der Waals surface area contributed by atoms with Crippen LogP contribution in [0.15, 0.2) is 53.1 Å². The van der Waals surface area contributed by atoms with Gasteiger partial charge in [-0.05, 0) is 36.4 Å². The second-order valence-electron chi connectivity index (χ2n) is 4.78. The molecular formula is C17H15N3O3. The topological polar surface area (TPSA) is 77.2 Å². The van der Waals surface area contributed by atoms with Gasteiger partial charge in [-0.15, -0.1) is 0 Å². The molecule has 0 aliphatic rings. The van der Waals surface area contributed by atoms with Crippen LogP contribution in [0.4, 0.5) is 0 Å². The highest BCUT2D eigenvalue weighted by Gasteiger charge is 2.17. The Balaban J connectivity index is 1.97. The molecule has 1 aromatic heterocycles. The fourth-order valence-corrected chi connectivity index (χ4v) is 2.19. The van der Waals surface area contributed by atoms with Gasteiger partial charge in [0, 0.05) is 12.6 Å². The highest BCUT2D eigenvalue weighted by atomic mass is 16.5. The summed E-state index contributed by atoms with van der Waals surface area (Å²) in [7, 11) is 3.19. The van der Waals surface area contributed by atoms with Crippen LogP contribution in [0.2, 0.25) is 0 Å². The van der Waals surface area contributed by atoms with Crippen LogP contribution in [-0.2, 0) is 0 Å². The largest absolute Gasteiger partial charge is 0.497 e. The molecule has 23 heavy (non-hydrogen) atoms. The number of hydrogen-bond donors (Lipinski definition) is 1. The molecule has 0 fully saturated rings. The molecular weight excluding hydrogens is 294 g/mol. The normalized spacial score (nSPS) is 10.3. The van der Waals surface area contributed by atoms with E-state index in [1.54, 1.807) is 32.4 Å². The molecule has 3 rings (SSSR count). The molecule has 3 aromatic rings. The Morgan fingerprint density at radius 3 is 2.57 bits per heavy atom. The molecule has 116 valence electrons. The molecule has 0 aliphatic heterocycles. The van der Waals surface area contributed by atoms with E-state index >= 15 is 0 Å². The van der Waals surface area contributed by atoms with Gasteiger partial charge in [-0.25, -0.2) is 0 Å². The van der Waals surface area contributed by atoms with Gasteiger partial charge in [-0.2, -0.15) is 4.98 Å². The predicted molar refractivity (Wildman–Crippen MR) is 85.1 cm³/mol. The van der Waals surface area contributed by atoms with Gasteiger partial charge in [0.2, 0.25) is 5.82 Å². The van der Waals surface area contributed by atoms with E-state index in [2.05, 4.69) is 15.5 Å². The lowest BCUT2D eigenvalue weighted by Gasteiger charge is -2.03. The minimum Gasteiger partial charge on any atom is -0.497 e. The summed E-state index contributed by atoms with van der Waals surface area (Å²) < 4.78 is 10.4. The highest BCUT2D eigenvalue weighted by Crippen LogP contribution is 2.26. The maximum Gasteiger partial charge on any atom is 0.259 e. The zero-order chi connectivity index (χ0) is 16.2. The van der Waals surface area contributed by atoms with E-state index in [9.17, 15) is 4.79 Å². The van der Waals surface area contributed by atoms with E-state index in [1.165, 1.54) is 0 Å². The molecule has 0 saturated carbocycles. The van der Waals surface area contributed by atoms with E-state index in [4.69, 9.17) is 9.26 Å². The molecule has 6 heteroatoms. The molecule has 1 N–H and O–H groups in total. The van der Waals surface area contributed by atoms with E-state index in [1.807, 2.05) is 30.3 Å². The summed E-state index contributed by atoms with van der Waals surface area (Å²) in [5.41, 5.74) is 1.89. The Bertz CT molecular complexity index is 825. The first-order chi connectivity index (χ1) is 11.2. The third-order valence-electron chi connectivity index (χ3n) is 3.40. The molecule has 1 amide bonds.